The van der Waals surface area contributed by atoms with Crippen molar-refractivity contribution >= 4 is 11.6 Å². The van der Waals surface area contributed by atoms with Crippen LogP contribution in [0.2, 0.25) is 0 Å². The van der Waals surface area contributed by atoms with E-state index in [0.717, 1.165) is 16.8 Å². The van der Waals surface area contributed by atoms with Gasteiger partial charge in [0.15, 0.2) is 0 Å². The second-order valence-corrected chi connectivity index (χ2v) is 4.72. The fraction of sp³-hybridized carbons (Fsp3) is 0.176. The zero-order valence-electron chi connectivity index (χ0n) is 11.8. The highest BCUT2D eigenvalue weighted by atomic mass is 16.5. The Morgan fingerprint density at radius 2 is 2.05 bits per heavy atom. The van der Waals surface area contributed by atoms with E-state index in [1.807, 2.05) is 37.3 Å². The molecule has 0 aromatic heterocycles. The lowest BCUT2D eigenvalue weighted by Gasteiger charge is -2.07. The molecule has 1 N–H and O–H groups in total. The van der Waals surface area contributed by atoms with Crippen molar-refractivity contribution < 1.29 is 9.53 Å². The largest absolute Gasteiger partial charge is 0.367 e. The Morgan fingerprint density at radius 3 is 2.81 bits per heavy atom. The van der Waals surface area contributed by atoms with Gasteiger partial charge in [0.05, 0.1) is 18.2 Å². The second-order valence-electron chi connectivity index (χ2n) is 4.72. The van der Waals surface area contributed by atoms with Crippen molar-refractivity contribution in [2.75, 3.05) is 11.9 Å². The van der Waals surface area contributed by atoms with Gasteiger partial charge in [-0.2, -0.15) is 5.26 Å². The summed E-state index contributed by atoms with van der Waals surface area (Å²) < 4.78 is 5.36. The zero-order chi connectivity index (χ0) is 15.1. The molecule has 0 spiro atoms. The van der Waals surface area contributed by atoms with E-state index in [1.165, 1.54) is 0 Å². The van der Waals surface area contributed by atoms with E-state index < -0.39 is 0 Å². The number of aryl methyl sites for hydroxylation is 1. The van der Waals surface area contributed by atoms with Crippen molar-refractivity contribution in [1.29, 1.82) is 5.26 Å². The lowest BCUT2D eigenvalue weighted by Crippen LogP contribution is -2.18. The Hall–Kier alpha value is -2.64. The van der Waals surface area contributed by atoms with Crippen molar-refractivity contribution in [3.05, 3.63) is 65.2 Å². The summed E-state index contributed by atoms with van der Waals surface area (Å²) in [5.74, 6) is -0.197. The number of hydrogen-bond acceptors (Lipinski definition) is 3. The first-order chi connectivity index (χ1) is 10.2. The highest BCUT2D eigenvalue weighted by molar-refractivity contribution is 5.91. The Labute approximate surface area is 124 Å². The van der Waals surface area contributed by atoms with Gasteiger partial charge in [0, 0.05) is 5.69 Å². The third kappa shape index (κ3) is 4.75. The highest BCUT2D eigenvalue weighted by Gasteiger charge is 2.03. The van der Waals surface area contributed by atoms with E-state index in [-0.39, 0.29) is 12.5 Å². The van der Waals surface area contributed by atoms with Crippen LogP contribution in [-0.4, -0.2) is 12.5 Å². The van der Waals surface area contributed by atoms with Gasteiger partial charge in [-0.1, -0.05) is 24.3 Å². The Bertz CT molecular complexity index is 674. The SMILES string of the molecule is Cc1cccc(NC(=O)COCc2cccc(C#N)c2)c1. The molecule has 0 fully saturated rings. The smallest absolute Gasteiger partial charge is 0.250 e. The van der Waals surface area contributed by atoms with Crippen molar-refractivity contribution in [2.24, 2.45) is 0 Å². The summed E-state index contributed by atoms with van der Waals surface area (Å²) in [6.45, 7) is 2.25. The van der Waals surface area contributed by atoms with Gasteiger partial charge in [0.25, 0.3) is 0 Å². The molecule has 0 aliphatic heterocycles. The number of benzene rings is 2. The Morgan fingerprint density at radius 1 is 1.24 bits per heavy atom. The van der Waals surface area contributed by atoms with Gasteiger partial charge in [-0.05, 0) is 42.3 Å². The molecule has 4 heteroatoms. The average Bonchev–Trinajstić information content (AvgIpc) is 2.47. The van der Waals surface area contributed by atoms with Crippen LogP contribution in [0, 0.1) is 18.3 Å². The minimum atomic E-state index is -0.197. The Kier molecular flexibility index (Phi) is 5.08. The molecular weight excluding hydrogens is 264 g/mol. The molecule has 21 heavy (non-hydrogen) atoms. The van der Waals surface area contributed by atoms with Crippen LogP contribution in [0.5, 0.6) is 0 Å². The molecule has 2 rings (SSSR count). The molecule has 106 valence electrons. The van der Waals surface area contributed by atoms with Gasteiger partial charge in [-0.25, -0.2) is 0 Å². The number of rotatable bonds is 5. The van der Waals surface area contributed by atoms with Crippen LogP contribution in [0.1, 0.15) is 16.7 Å². The molecule has 4 nitrogen and oxygen atoms in total. The number of ether oxygens (including phenoxy) is 1. The molecule has 2 aromatic carbocycles. The summed E-state index contributed by atoms with van der Waals surface area (Å²) in [7, 11) is 0. The predicted molar refractivity (Wildman–Crippen MR) is 80.6 cm³/mol. The van der Waals surface area contributed by atoms with E-state index in [9.17, 15) is 4.79 Å². The van der Waals surface area contributed by atoms with E-state index in [0.29, 0.717) is 12.2 Å². The van der Waals surface area contributed by atoms with E-state index in [2.05, 4.69) is 11.4 Å². The van der Waals surface area contributed by atoms with Crippen molar-refractivity contribution in [3.8, 4) is 6.07 Å². The minimum Gasteiger partial charge on any atom is -0.367 e. The molecule has 1 amide bonds. The van der Waals surface area contributed by atoms with Gasteiger partial charge in [-0.3, -0.25) is 4.79 Å². The van der Waals surface area contributed by atoms with E-state index >= 15 is 0 Å². The fourth-order valence-electron chi connectivity index (χ4n) is 1.91. The molecule has 2 aromatic rings. The molecular formula is C17H16N2O2. The van der Waals surface area contributed by atoms with E-state index in [4.69, 9.17) is 10.00 Å². The van der Waals surface area contributed by atoms with Crippen molar-refractivity contribution in [2.45, 2.75) is 13.5 Å². The lowest BCUT2D eigenvalue weighted by molar-refractivity contribution is -0.121. The molecule has 0 radical (unpaired) electrons. The maximum atomic E-state index is 11.7. The first kappa shape index (κ1) is 14.8. The summed E-state index contributed by atoms with van der Waals surface area (Å²) in [6.07, 6.45) is 0. The molecule has 0 unspecified atom stereocenters. The van der Waals surface area contributed by atoms with Crippen LogP contribution in [-0.2, 0) is 16.1 Å². The number of carbonyl (C=O) groups is 1. The molecule has 0 saturated carbocycles. The highest BCUT2D eigenvalue weighted by Crippen LogP contribution is 2.09. The number of carbonyl (C=O) groups excluding carboxylic acids is 1. The number of nitriles is 1. The zero-order valence-corrected chi connectivity index (χ0v) is 11.8. The summed E-state index contributed by atoms with van der Waals surface area (Å²) in [5, 5.41) is 11.6. The molecule has 0 atom stereocenters. The minimum absolute atomic E-state index is 0.0231. The lowest BCUT2D eigenvalue weighted by atomic mass is 10.1. The number of anilines is 1. The van der Waals surface area contributed by atoms with Crippen LogP contribution >= 0.6 is 0 Å². The Balaban J connectivity index is 1.80. The van der Waals surface area contributed by atoms with Crippen LogP contribution in [0.25, 0.3) is 0 Å². The number of amides is 1. The summed E-state index contributed by atoms with van der Waals surface area (Å²) in [5.41, 5.74) is 3.30. The van der Waals surface area contributed by atoms with Crippen molar-refractivity contribution in [3.63, 3.8) is 0 Å². The predicted octanol–water partition coefficient (Wildman–Crippen LogP) is 3.02. The van der Waals surface area contributed by atoms with Gasteiger partial charge < -0.3 is 10.1 Å². The van der Waals surface area contributed by atoms with Crippen LogP contribution in [0.3, 0.4) is 0 Å². The second kappa shape index (κ2) is 7.22. The normalized spacial score (nSPS) is 9.90. The first-order valence-electron chi connectivity index (χ1n) is 6.60. The monoisotopic (exact) mass is 280 g/mol. The van der Waals surface area contributed by atoms with E-state index in [1.54, 1.807) is 18.2 Å². The summed E-state index contributed by atoms with van der Waals surface area (Å²) in [4.78, 5) is 11.7. The van der Waals surface area contributed by atoms with Gasteiger partial charge in [0.2, 0.25) is 5.91 Å². The van der Waals surface area contributed by atoms with Crippen LogP contribution in [0.4, 0.5) is 5.69 Å². The third-order valence-corrected chi connectivity index (χ3v) is 2.86. The standard InChI is InChI=1S/C17H16N2O2/c1-13-4-2-7-16(8-13)19-17(20)12-21-11-15-6-3-5-14(9-15)10-18/h2-9H,11-12H2,1H3,(H,19,20). The molecule has 0 heterocycles. The van der Waals surface area contributed by atoms with Gasteiger partial charge in [0.1, 0.15) is 6.61 Å². The maximum absolute atomic E-state index is 11.7. The summed E-state index contributed by atoms with van der Waals surface area (Å²) in [6, 6.07) is 16.8. The summed E-state index contributed by atoms with van der Waals surface area (Å²) >= 11 is 0. The third-order valence-electron chi connectivity index (χ3n) is 2.86. The number of hydrogen-bond donors (Lipinski definition) is 1. The van der Waals surface area contributed by atoms with Crippen LogP contribution < -0.4 is 5.32 Å². The average molecular weight is 280 g/mol. The number of nitrogens with zero attached hydrogens (tertiary/aromatic N) is 1. The van der Waals surface area contributed by atoms with Gasteiger partial charge in [-0.15, -0.1) is 0 Å². The van der Waals surface area contributed by atoms with Crippen molar-refractivity contribution in [1.82, 2.24) is 0 Å². The quantitative estimate of drug-likeness (QED) is 0.915. The molecule has 0 saturated heterocycles. The molecule has 0 aliphatic carbocycles. The van der Waals surface area contributed by atoms with Crippen LogP contribution in [0.15, 0.2) is 48.5 Å². The molecule has 0 bridgehead atoms. The molecule has 0 aliphatic rings. The maximum Gasteiger partial charge on any atom is 0.250 e. The number of nitrogens with one attached hydrogen (secondary N) is 1. The fourth-order valence-corrected chi connectivity index (χ4v) is 1.91. The van der Waals surface area contributed by atoms with Gasteiger partial charge >= 0.3 is 0 Å². The first-order valence-corrected chi connectivity index (χ1v) is 6.60. The topological polar surface area (TPSA) is 62.1 Å².